The molecule has 0 radical (unpaired) electrons. The normalized spacial score (nSPS) is 13.1. The zero-order valence-electron chi connectivity index (χ0n) is 15.3. The number of ether oxygens (including phenoxy) is 2. The van der Waals surface area contributed by atoms with Gasteiger partial charge < -0.3 is 19.9 Å². The summed E-state index contributed by atoms with van der Waals surface area (Å²) in [7, 11) is 0. The van der Waals surface area contributed by atoms with E-state index in [1.165, 1.54) is 0 Å². The fourth-order valence-electron chi connectivity index (χ4n) is 3.37. The van der Waals surface area contributed by atoms with E-state index in [0.717, 1.165) is 22.3 Å². The van der Waals surface area contributed by atoms with Crippen LogP contribution in [0.25, 0.3) is 11.1 Å². The van der Waals surface area contributed by atoms with Gasteiger partial charge in [-0.15, -0.1) is 6.42 Å². The molecule has 0 saturated heterocycles. The highest BCUT2D eigenvalue weighted by atomic mass is 16.5. The van der Waals surface area contributed by atoms with Gasteiger partial charge in [-0.05, 0) is 22.3 Å². The topological polar surface area (TPSA) is 84.9 Å². The number of carboxylic acid groups (broad SMARTS) is 1. The van der Waals surface area contributed by atoms with Crippen LogP contribution in [0, 0.1) is 12.3 Å². The number of carbonyl (C=O) groups excluding carboxylic acids is 1. The van der Waals surface area contributed by atoms with E-state index in [2.05, 4.69) is 11.2 Å². The highest BCUT2D eigenvalue weighted by molar-refractivity contribution is 5.81. The van der Waals surface area contributed by atoms with Crippen LogP contribution in [-0.2, 0) is 14.3 Å². The van der Waals surface area contributed by atoms with E-state index < -0.39 is 18.1 Å². The lowest BCUT2D eigenvalue weighted by Gasteiger charge is -2.17. The molecular weight excluding hydrogens is 358 g/mol. The van der Waals surface area contributed by atoms with Gasteiger partial charge in [0.25, 0.3) is 0 Å². The van der Waals surface area contributed by atoms with Gasteiger partial charge in [-0.3, -0.25) is 0 Å². The molecule has 3 rings (SSSR count). The van der Waals surface area contributed by atoms with Crippen molar-refractivity contribution in [2.75, 3.05) is 19.8 Å². The second kappa shape index (κ2) is 9.07. The van der Waals surface area contributed by atoms with E-state index >= 15 is 0 Å². The molecular formula is C22H21NO5. The van der Waals surface area contributed by atoms with Gasteiger partial charge in [0.05, 0.1) is 6.61 Å². The van der Waals surface area contributed by atoms with Crippen LogP contribution in [0.15, 0.2) is 48.5 Å². The molecule has 0 saturated carbocycles. The average Bonchev–Trinajstić information content (AvgIpc) is 3.02. The van der Waals surface area contributed by atoms with Crippen molar-refractivity contribution in [1.82, 2.24) is 5.32 Å². The third-order valence-corrected chi connectivity index (χ3v) is 4.67. The number of terminal acetylenes is 1. The number of nitrogens with one attached hydrogen (secondary N) is 1. The molecule has 1 aliphatic carbocycles. The number of benzene rings is 2. The maximum atomic E-state index is 12.2. The predicted molar refractivity (Wildman–Crippen MR) is 104 cm³/mol. The van der Waals surface area contributed by atoms with Gasteiger partial charge in [-0.25, -0.2) is 9.59 Å². The van der Waals surface area contributed by atoms with Crippen molar-refractivity contribution in [3.63, 3.8) is 0 Å². The largest absolute Gasteiger partial charge is 0.480 e. The second-order valence-corrected chi connectivity index (χ2v) is 6.41. The van der Waals surface area contributed by atoms with Crippen LogP contribution in [0.2, 0.25) is 0 Å². The molecule has 0 aliphatic heterocycles. The van der Waals surface area contributed by atoms with Crippen molar-refractivity contribution in [3.8, 4) is 23.5 Å². The smallest absolute Gasteiger partial charge is 0.407 e. The molecule has 2 aromatic carbocycles. The molecule has 1 aliphatic rings. The molecule has 0 heterocycles. The maximum Gasteiger partial charge on any atom is 0.407 e. The van der Waals surface area contributed by atoms with E-state index in [1.807, 2.05) is 48.5 Å². The fourth-order valence-corrected chi connectivity index (χ4v) is 3.37. The van der Waals surface area contributed by atoms with Crippen LogP contribution in [0.1, 0.15) is 23.5 Å². The molecule has 2 N–H and O–H groups in total. The first-order chi connectivity index (χ1) is 13.6. The van der Waals surface area contributed by atoms with E-state index in [-0.39, 0.29) is 32.2 Å². The van der Waals surface area contributed by atoms with Crippen LogP contribution >= 0.6 is 0 Å². The monoisotopic (exact) mass is 379 g/mol. The van der Waals surface area contributed by atoms with E-state index in [9.17, 15) is 14.7 Å². The number of carboxylic acids is 1. The Labute approximate surface area is 163 Å². The number of fused-ring (bicyclic) bond motifs is 3. The minimum absolute atomic E-state index is 0.0830. The first kappa shape index (κ1) is 19.5. The Balaban J connectivity index is 1.61. The highest BCUT2D eigenvalue weighted by Gasteiger charge is 2.29. The van der Waals surface area contributed by atoms with E-state index in [1.54, 1.807) is 0 Å². The molecule has 1 atom stereocenters. The lowest BCUT2D eigenvalue weighted by molar-refractivity contribution is -0.139. The summed E-state index contributed by atoms with van der Waals surface area (Å²) in [4.78, 5) is 23.5. The third kappa shape index (κ3) is 4.33. The summed E-state index contributed by atoms with van der Waals surface area (Å²) in [6, 6.07) is 14.9. The Morgan fingerprint density at radius 3 is 2.29 bits per heavy atom. The number of alkyl carbamates (subject to hydrolysis) is 1. The van der Waals surface area contributed by atoms with Crippen molar-refractivity contribution < 1.29 is 24.2 Å². The molecule has 6 nitrogen and oxygen atoms in total. The minimum Gasteiger partial charge on any atom is -0.480 e. The van der Waals surface area contributed by atoms with Crippen molar-refractivity contribution in [2.24, 2.45) is 0 Å². The van der Waals surface area contributed by atoms with Crippen molar-refractivity contribution in [3.05, 3.63) is 59.7 Å². The Morgan fingerprint density at radius 2 is 1.71 bits per heavy atom. The average molecular weight is 379 g/mol. The molecule has 28 heavy (non-hydrogen) atoms. The number of aliphatic carboxylic acids is 1. The number of amides is 1. The Bertz CT molecular complexity index is 856. The summed E-state index contributed by atoms with van der Waals surface area (Å²) in [5.41, 5.74) is 4.44. The minimum atomic E-state index is -1.15. The number of carbonyl (C=O) groups is 2. The highest BCUT2D eigenvalue weighted by Crippen LogP contribution is 2.44. The van der Waals surface area contributed by atoms with Crippen LogP contribution < -0.4 is 5.32 Å². The molecule has 0 fully saturated rings. The van der Waals surface area contributed by atoms with Gasteiger partial charge in [0.2, 0.25) is 0 Å². The lowest BCUT2D eigenvalue weighted by atomic mass is 9.98. The molecule has 1 amide bonds. The van der Waals surface area contributed by atoms with E-state index in [0.29, 0.717) is 0 Å². The maximum absolute atomic E-state index is 12.2. The summed E-state index contributed by atoms with van der Waals surface area (Å²) >= 11 is 0. The van der Waals surface area contributed by atoms with Gasteiger partial charge in [-0.2, -0.15) is 0 Å². The zero-order chi connectivity index (χ0) is 19.9. The number of hydrogen-bond donors (Lipinski definition) is 2. The molecule has 0 spiro atoms. The molecule has 2 aromatic rings. The van der Waals surface area contributed by atoms with Gasteiger partial charge in [-0.1, -0.05) is 54.5 Å². The quantitative estimate of drug-likeness (QED) is 0.544. The summed E-state index contributed by atoms with van der Waals surface area (Å²) < 4.78 is 10.4. The summed E-state index contributed by atoms with van der Waals surface area (Å²) in [5.74, 6) is 1.06. The Hall–Kier alpha value is -3.30. The third-order valence-electron chi connectivity index (χ3n) is 4.67. The molecule has 0 aromatic heterocycles. The first-order valence-corrected chi connectivity index (χ1v) is 8.97. The van der Waals surface area contributed by atoms with Gasteiger partial charge in [0.15, 0.2) is 0 Å². The fraction of sp³-hybridized carbons (Fsp3) is 0.273. The lowest BCUT2D eigenvalue weighted by Crippen LogP contribution is -2.42. The van der Waals surface area contributed by atoms with Gasteiger partial charge in [0, 0.05) is 12.3 Å². The van der Waals surface area contributed by atoms with Crippen molar-refractivity contribution in [1.29, 1.82) is 0 Å². The number of rotatable bonds is 8. The summed E-state index contributed by atoms with van der Waals surface area (Å²) in [5, 5.41) is 11.6. The van der Waals surface area contributed by atoms with E-state index in [4.69, 9.17) is 15.9 Å². The van der Waals surface area contributed by atoms with Crippen LogP contribution in [0.5, 0.6) is 0 Å². The molecule has 6 heteroatoms. The summed E-state index contributed by atoms with van der Waals surface area (Å²) in [6.45, 7) is 0.349. The van der Waals surface area contributed by atoms with Gasteiger partial charge in [0.1, 0.15) is 19.3 Å². The van der Waals surface area contributed by atoms with Crippen LogP contribution in [0.4, 0.5) is 4.79 Å². The standard InChI is InChI=1S/C22H21NO5/c1-2-12-27-13-11-20(21(24)25)23-22(26)28-14-19-17-9-5-3-7-15(17)16-8-4-6-10-18(16)19/h1,3-10,19-20H,11-14H2,(H,23,26)(H,24,25)/t20-/m1/s1. The Kier molecular flexibility index (Phi) is 6.30. The van der Waals surface area contributed by atoms with Crippen LogP contribution in [-0.4, -0.2) is 43.0 Å². The first-order valence-electron chi connectivity index (χ1n) is 8.97. The number of hydrogen-bond acceptors (Lipinski definition) is 4. The van der Waals surface area contributed by atoms with Crippen molar-refractivity contribution >= 4 is 12.1 Å². The molecule has 144 valence electrons. The second-order valence-electron chi connectivity index (χ2n) is 6.41. The van der Waals surface area contributed by atoms with Crippen LogP contribution in [0.3, 0.4) is 0 Å². The zero-order valence-corrected chi connectivity index (χ0v) is 15.3. The Morgan fingerprint density at radius 1 is 1.11 bits per heavy atom. The van der Waals surface area contributed by atoms with Gasteiger partial charge >= 0.3 is 12.1 Å². The molecule has 0 bridgehead atoms. The molecule has 0 unspecified atom stereocenters. The summed E-state index contributed by atoms with van der Waals surface area (Å²) in [6.07, 6.45) is 4.40. The SMILES string of the molecule is C#CCOCC[C@@H](NC(=O)OCC1c2ccccc2-c2ccccc21)C(=O)O. The predicted octanol–water partition coefficient (Wildman–Crippen LogP) is 3.02. The van der Waals surface area contributed by atoms with Crippen molar-refractivity contribution in [2.45, 2.75) is 18.4 Å².